The number of benzene rings is 1. The van der Waals surface area contributed by atoms with Crippen LogP contribution >= 0.6 is 0 Å². The molecule has 6 nitrogen and oxygen atoms in total. The largest absolute Gasteiger partial charge is 0.392 e. The summed E-state index contributed by atoms with van der Waals surface area (Å²) in [6, 6.07) is 7.05. The highest BCUT2D eigenvalue weighted by molar-refractivity contribution is 6.03. The lowest BCUT2D eigenvalue weighted by molar-refractivity contribution is -0.139. The van der Waals surface area contributed by atoms with Crippen molar-refractivity contribution in [2.75, 3.05) is 11.9 Å². The lowest BCUT2D eigenvalue weighted by Crippen LogP contribution is -2.31. The number of rotatable bonds is 8. The summed E-state index contributed by atoms with van der Waals surface area (Å²) in [6.45, 7) is 2.21. The third-order valence-corrected chi connectivity index (χ3v) is 4.18. The molecule has 2 N–H and O–H groups in total. The second kappa shape index (κ2) is 8.59. The number of likely N-dealkylation sites (tertiary alicyclic amines) is 1. The first-order valence-electron chi connectivity index (χ1n) is 8.35. The highest BCUT2D eigenvalue weighted by Crippen LogP contribution is 2.19. The van der Waals surface area contributed by atoms with Gasteiger partial charge in [0.25, 0.3) is 0 Å². The molecule has 24 heavy (non-hydrogen) atoms. The molecule has 1 atom stereocenters. The van der Waals surface area contributed by atoms with E-state index in [2.05, 4.69) is 5.32 Å². The maximum atomic E-state index is 11.9. The SMILES string of the molecule is CC1CC(=O)N(CCCCCC(=O)Nc2ccc(CO)cc2)C1=O. The molecular formula is C18H24N2O4. The molecule has 1 aliphatic rings. The van der Waals surface area contributed by atoms with Gasteiger partial charge in [-0.2, -0.15) is 0 Å². The highest BCUT2D eigenvalue weighted by Gasteiger charge is 2.34. The number of carbonyl (C=O) groups excluding carboxylic acids is 3. The van der Waals surface area contributed by atoms with Crippen LogP contribution in [0.4, 0.5) is 5.69 Å². The first kappa shape index (κ1) is 18.1. The van der Waals surface area contributed by atoms with Gasteiger partial charge >= 0.3 is 0 Å². The van der Waals surface area contributed by atoms with Crippen LogP contribution in [0.3, 0.4) is 0 Å². The number of unbranched alkanes of at least 4 members (excludes halogenated alkanes) is 2. The number of aliphatic hydroxyl groups excluding tert-OH is 1. The lowest BCUT2D eigenvalue weighted by Gasteiger charge is -2.13. The molecule has 0 spiro atoms. The molecule has 1 heterocycles. The number of imide groups is 1. The van der Waals surface area contributed by atoms with E-state index in [1.54, 1.807) is 31.2 Å². The summed E-state index contributed by atoms with van der Waals surface area (Å²) >= 11 is 0. The maximum absolute atomic E-state index is 11.9. The van der Waals surface area contributed by atoms with Crippen molar-refractivity contribution in [2.24, 2.45) is 5.92 Å². The topological polar surface area (TPSA) is 86.7 Å². The molecule has 0 bridgehead atoms. The van der Waals surface area contributed by atoms with Crippen LogP contribution in [0, 0.1) is 5.92 Å². The number of hydrogen-bond acceptors (Lipinski definition) is 4. The van der Waals surface area contributed by atoms with Gasteiger partial charge in [0.15, 0.2) is 0 Å². The van der Waals surface area contributed by atoms with Crippen molar-refractivity contribution >= 4 is 23.4 Å². The van der Waals surface area contributed by atoms with Crippen molar-refractivity contribution in [1.29, 1.82) is 0 Å². The zero-order valence-corrected chi connectivity index (χ0v) is 14.0. The van der Waals surface area contributed by atoms with E-state index in [-0.39, 0.29) is 30.2 Å². The minimum absolute atomic E-state index is 0.0188. The molecule has 130 valence electrons. The van der Waals surface area contributed by atoms with Crippen molar-refractivity contribution in [3.05, 3.63) is 29.8 Å². The Hall–Kier alpha value is -2.21. The maximum Gasteiger partial charge on any atom is 0.232 e. The van der Waals surface area contributed by atoms with E-state index < -0.39 is 0 Å². The molecule has 0 radical (unpaired) electrons. The molecule has 2 rings (SSSR count). The van der Waals surface area contributed by atoms with E-state index >= 15 is 0 Å². The fourth-order valence-corrected chi connectivity index (χ4v) is 2.73. The number of anilines is 1. The predicted octanol–water partition coefficient (Wildman–Crippen LogP) is 2.07. The molecule has 0 aliphatic carbocycles. The van der Waals surface area contributed by atoms with Gasteiger partial charge in [-0.15, -0.1) is 0 Å². The minimum atomic E-state index is -0.194. The molecule has 1 aromatic carbocycles. The molecule has 0 aromatic heterocycles. The van der Waals surface area contributed by atoms with E-state index in [0.717, 1.165) is 18.4 Å². The van der Waals surface area contributed by atoms with Crippen LogP contribution in [0.25, 0.3) is 0 Å². The van der Waals surface area contributed by atoms with Crippen molar-refractivity contribution in [1.82, 2.24) is 4.90 Å². The first-order chi connectivity index (χ1) is 11.5. The molecule has 1 aliphatic heterocycles. The average Bonchev–Trinajstić information content (AvgIpc) is 2.81. The Bertz CT molecular complexity index is 598. The van der Waals surface area contributed by atoms with Gasteiger partial charge in [0.2, 0.25) is 17.7 Å². The molecule has 1 fully saturated rings. The first-order valence-corrected chi connectivity index (χ1v) is 8.35. The van der Waals surface area contributed by atoms with Gasteiger partial charge in [0.1, 0.15) is 0 Å². The monoisotopic (exact) mass is 332 g/mol. The van der Waals surface area contributed by atoms with Crippen molar-refractivity contribution < 1.29 is 19.5 Å². The van der Waals surface area contributed by atoms with Crippen molar-refractivity contribution in [2.45, 2.75) is 45.6 Å². The Kier molecular flexibility index (Phi) is 6.49. The molecule has 6 heteroatoms. The van der Waals surface area contributed by atoms with E-state index in [0.29, 0.717) is 31.5 Å². The van der Waals surface area contributed by atoms with Crippen LogP contribution in [0.5, 0.6) is 0 Å². The summed E-state index contributed by atoms with van der Waals surface area (Å²) < 4.78 is 0. The van der Waals surface area contributed by atoms with Gasteiger partial charge in [0.05, 0.1) is 6.61 Å². The van der Waals surface area contributed by atoms with Gasteiger partial charge in [-0.3, -0.25) is 19.3 Å². The van der Waals surface area contributed by atoms with Crippen molar-refractivity contribution in [3.8, 4) is 0 Å². The summed E-state index contributed by atoms with van der Waals surface area (Å²) in [6.07, 6.45) is 2.95. The quantitative estimate of drug-likeness (QED) is 0.563. The van der Waals surface area contributed by atoms with E-state index in [1.165, 1.54) is 4.90 Å². The van der Waals surface area contributed by atoms with Gasteiger partial charge in [-0.25, -0.2) is 0 Å². The fourth-order valence-electron chi connectivity index (χ4n) is 2.73. The molecule has 1 saturated heterocycles. The van der Waals surface area contributed by atoms with Crippen LogP contribution in [0.2, 0.25) is 0 Å². The second-order valence-corrected chi connectivity index (χ2v) is 6.20. The summed E-state index contributed by atoms with van der Waals surface area (Å²) in [4.78, 5) is 36.6. The van der Waals surface area contributed by atoms with Crippen molar-refractivity contribution in [3.63, 3.8) is 0 Å². The van der Waals surface area contributed by atoms with Crippen LogP contribution < -0.4 is 5.32 Å². The third-order valence-electron chi connectivity index (χ3n) is 4.18. The minimum Gasteiger partial charge on any atom is -0.392 e. The number of nitrogens with one attached hydrogen (secondary N) is 1. The Morgan fingerprint density at radius 3 is 2.50 bits per heavy atom. The zero-order chi connectivity index (χ0) is 17.5. The van der Waals surface area contributed by atoms with E-state index in [4.69, 9.17) is 5.11 Å². The Balaban J connectivity index is 1.62. The summed E-state index contributed by atoms with van der Waals surface area (Å²) in [5.74, 6) is -0.421. The second-order valence-electron chi connectivity index (χ2n) is 6.20. The summed E-state index contributed by atoms with van der Waals surface area (Å²) in [7, 11) is 0. The molecule has 3 amide bonds. The van der Waals surface area contributed by atoms with Gasteiger partial charge < -0.3 is 10.4 Å². The van der Waals surface area contributed by atoms with Gasteiger partial charge in [-0.05, 0) is 30.5 Å². The number of hydrogen-bond donors (Lipinski definition) is 2. The van der Waals surface area contributed by atoms with Crippen LogP contribution in [0.1, 0.15) is 44.6 Å². The van der Waals surface area contributed by atoms with E-state index in [1.807, 2.05) is 0 Å². The number of aliphatic hydroxyl groups is 1. The highest BCUT2D eigenvalue weighted by atomic mass is 16.3. The molecule has 1 unspecified atom stereocenters. The number of nitrogens with zero attached hydrogens (tertiary/aromatic N) is 1. The van der Waals surface area contributed by atoms with E-state index in [9.17, 15) is 14.4 Å². The average molecular weight is 332 g/mol. The number of amides is 3. The molecular weight excluding hydrogens is 308 g/mol. The Morgan fingerprint density at radius 2 is 1.92 bits per heavy atom. The molecule has 0 saturated carbocycles. The Labute approximate surface area is 141 Å². The standard InChI is InChI=1S/C18H24N2O4/c1-13-11-17(23)20(18(13)24)10-4-2-3-5-16(22)19-15-8-6-14(12-21)7-9-15/h6-9,13,21H,2-5,10-12H2,1H3,(H,19,22). The fraction of sp³-hybridized carbons (Fsp3) is 0.500. The smallest absolute Gasteiger partial charge is 0.232 e. The summed E-state index contributed by atoms with van der Waals surface area (Å²) in [5, 5.41) is 11.8. The van der Waals surface area contributed by atoms with Gasteiger partial charge in [0, 0.05) is 31.0 Å². The number of carbonyl (C=O) groups is 3. The Morgan fingerprint density at radius 1 is 1.21 bits per heavy atom. The van der Waals surface area contributed by atoms with Crippen LogP contribution in [-0.4, -0.2) is 34.3 Å². The van der Waals surface area contributed by atoms with Crippen LogP contribution in [-0.2, 0) is 21.0 Å². The lowest BCUT2D eigenvalue weighted by atomic mass is 10.1. The normalized spacial score (nSPS) is 17.4. The van der Waals surface area contributed by atoms with Crippen LogP contribution in [0.15, 0.2) is 24.3 Å². The zero-order valence-electron chi connectivity index (χ0n) is 14.0. The molecule has 1 aromatic rings. The summed E-state index contributed by atoms with van der Waals surface area (Å²) in [5.41, 5.74) is 1.51. The predicted molar refractivity (Wildman–Crippen MR) is 90.0 cm³/mol. The third kappa shape index (κ3) is 4.89. The van der Waals surface area contributed by atoms with Gasteiger partial charge in [-0.1, -0.05) is 25.5 Å².